The van der Waals surface area contributed by atoms with Crippen LogP contribution in [0, 0.1) is 11.3 Å². The maximum absolute atomic E-state index is 12.2. The van der Waals surface area contributed by atoms with Gasteiger partial charge in [0.15, 0.2) is 0 Å². The average Bonchev–Trinajstić information content (AvgIpc) is 2.88. The zero-order valence-corrected chi connectivity index (χ0v) is 13.7. The first-order valence-corrected chi connectivity index (χ1v) is 7.69. The molecule has 0 aromatic heterocycles. The van der Waals surface area contributed by atoms with Gasteiger partial charge in [-0.15, -0.1) is 12.4 Å². The summed E-state index contributed by atoms with van der Waals surface area (Å²) in [6.07, 6.45) is 6.21. The third-order valence-electron chi connectivity index (χ3n) is 5.21. The standard InChI is InChI=1S/C15H28N2O2.ClH/c1-4-19-13-9-12(15(13)7-5-6-8-15)17-14(18)10(2)11(3)16;/h10-13H,4-9,16H2,1-3H3,(H,17,18);1H. The van der Waals surface area contributed by atoms with Gasteiger partial charge in [0.25, 0.3) is 0 Å². The van der Waals surface area contributed by atoms with E-state index in [1.807, 2.05) is 20.8 Å². The molecule has 2 saturated carbocycles. The first-order valence-electron chi connectivity index (χ1n) is 7.69. The van der Waals surface area contributed by atoms with Crippen molar-refractivity contribution in [3.8, 4) is 0 Å². The minimum atomic E-state index is -0.121. The van der Waals surface area contributed by atoms with E-state index < -0.39 is 0 Å². The van der Waals surface area contributed by atoms with E-state index in [1.165, 1.54) is 25.7 Å². The molecule has 2 aliphatic rings. The zero-order valence-electron chi connectivity index (χ0n) is 12.9. The monoisotopic (exact) mass is 304 g/mol. The van der Waals surface area contributed by atoms with Gasteiger partial charge in [-0.25, -0.2) is 0 Å². The predicted molar refractivity (Wildman–Crippen MR) is 82.9 cm³/mol. The van der Waals surface area contributed by atoms with E-state index in [1.54, 1.807) is 0 Å². The second-order valence-corrected chi connectivity index (χ2v) is 6.33. The Morgan fingerprint density at radius 3 is 2.50 bits per heavy atom. The van der Waals surface area contributed by atoms with Crippen LogP contribution >= 0.6 is 12.4 Å². The summed E-state index contributed by atoms with van der Waals surface area (Å²) in [6, 6.07) is 0.197. The van der Waals surface area contributed by atoms with Crippen molar-refractivity contribution in [2.75, 3.05) is 6.61 Å². The predicted octanol–water partition coefficient (Wildman–Crippen LogP) is 2.25. The van der Waals surface area contributed by atoms with Crippen LogP contribution in [0.5, 0.6) is 0 Å². The summed E-state index contributed by atoms with van der Waals surface area (Å²) < 4.78 is 5.86. The molecule has 3 N–H and O–H groups in total. The molecule has 2 fully saturated rings. The van der Waals surface area contributed by atoms with Crippen LogP contribution in [0.2, 0.25) is 0 Å². The fourth-order valence-electron chi connectivity index (χ4n) is 3.63. The molecular weight excluding hydrogens is 276 g/mol. The molecule has 4 nitrogen and oxygen atoms in total. The molecular formula is C15H29ClN2O2. The van der Waals surface area contributed by atoms with Crippen molar-refractivity contribution in [2.24, 2.45) is 17.1 Å². The van der Waals surface area contributed by atoms with E-state index >= 15 is 0 Å². The molecule has 0 heterocycles. The number of rotatable bonds is 5. The summed E-state index contributed by atoms with van der Waals surface area (Å²) in [7, 11) is 0. The highest BCUT2D eigenvalue weighted by Gasteiger charge is 2.57. The number of amides is 1. The summed E-state index contributed by atoms with van der Waals surface area (Å²) in [5.74, 6) is -0.0224. The summed E-state index contributed by atoms with van der Waals surface area (Å²) in [4.78, 5) is 12.2. The molecule has 0 aromatic rings. The Morgan fingerprint density at radius 2 is 2.00 bits per heavy atom. The molecule has 0 aliphatic heterocycles. The van der Waals surface area contributed by atoms with Crippen LogP contribution in [0.25, 0.3) is 0 Å². The molecule has 2 aliphatic carbocycles. The van der Waals surface area contributed by atoms with Gasteiger partial charge in [0.2, 0.25) is 5.91 Å². The molecule has 1 amide bonds. The molecule has 4 unspecified atom stereocenters. The molecule has 0 radical (unpaired) electrons. The van der Waals surface area contributed by atoms with Crippen LogP contribution in [0.15, 0.2) is 0 Å². The molecule has 1 spiro atoms. The maximum atomic E-state index is 12.2. The highest BCUT2D eigenvalue weighted by atomic mass is 35.5. The maximum Gasteiger partial charge on any atom is 0.224 e. The number of ether oxygens (including phenoxy) is 1. The van der Waals surface area contributed by atoms with Crippen LogP contribution in [0.1, 0.15) is 52.9 Å². The highest BCUT2D eigenvalue weighted by molar-refractivity contribution is 5.85. The van der Waals surface area contributed by atoms with E-state index in [-0.39, 0.29) is 35.7 Å². The first-order chi connectivity index (χ1) is 9.01. The van der Waals surface area contributed by atoms with E-state index in [0.717, 1.165) is 13.0 Å². The van der Waals surface area contributed by atoms with Crippen molar-refractivity contribution in [3.63, 3.8) is 0 Å². The van der Waals surface area contributed by atoms with Crippen molar-refractivity contribution in [1.29, 1.82) is 0 Å². The smallest absolute Gasteiger partial charge is 0.224 e. The van der Waals surface area contributed by atoms with Crippen LogP contribution in [0.3, 0.4) is 0 Å². The van der Waals surface area contributed by atoms with Crippen LogP contribution in [-0.2, 0) is 9.53 Å². The van der Waals surface area contributed by atoms with Gasteiger partial charge in [0.1, 0.15) is 0 Å². The molecule has 118 valence electrons. The van der Waals surface area contributed by atoms with Crippen LogP contribution in [-0.4, -0.2) is 30.7 Å². The fourth-order valence-corrected chi connectivity index (χ4v) is 3.63. The second kappa shape index (κ2) is 7.10. The summed E-state index contributed by atoms with van der Waals surface area (Å²) >= 11 is 0. The number of nitrogens with one attached hydrogen (secondary N) is 1. The molecule has 0 saturated heterocycles. The van der Waals surface area contributed by atoms with E-state index in [0.29, 0.717) is 12.1 Å². The van der Waals surface area contributed by atoms with Crippen LogP contribution < -0.4 is 11.1 Å². The van der Waals surface area contributed by atoms with Gasteiger partial charge in [-0.05, 0) is 33.1 Å². The van der Waals surface area contributed by atoms with Gasteiger partial charge in [0.05, 0.1) is 6.10 Å². The lowest BCUT2D eigenvalue weighted by molar-refractivity contribution is -0.146. The molecule has 0 bridgehead atoms. The minimum absolute atomic E-state index is 0. The highest BCUT2D eigenvalue weighted by Crippen LogP contribution is 2.54. The Kier molecular flexibility index (Phi) is 6.29. The summed E-state index contributed by atoms with van der Waals surface area (Å²) in [5.41, 5.74) is 6.02. The third kappa shape index (κ3) is 3.12. The summed E-state index contributed by atoms with van der Waals surface area (Å²) in [5, 5.41) is 3.22. The Balaban J connectivity index is 0.00000200. The Bertz CT molecular complexity index is 330. The van der Waals surface area contributed by atoms with E-state index in [4.69, 9.17) is 10.5 Å². The number of nitrogens with two attached hydrogens (primary N) is 1. The Hall–Kier alpha value is -0.320. The largest absolute Gasteiger partial charge is 0.378 e. The fraction of sp³-hybridized carbons (Fsp3) is 0.933. The normalized spacial score (nSPS) is 30.2. The number of hydrogen-bond donors (Lipinski definition) is 2. The van der Waals surface area contributed by atoms with Crippen molar-refractivity contribution in [2.45, 2.75) is 71.1 Å². The number of halogens is 1. The number of carbonyl (C=O) groups excluding carboxylic acids is 1. The van der Waals surface area contributed by atoms with Crippen LogP contribution in [0.4, 0.5) is 0 Å². The van der Waals surface area contributed by atoms with E-state index in [9.17, 15) is 4.79 Å². The van der Waals surface area contributed by atoms with Crippen molar-refractivity contribution in [3.05, 3.63) is 0 Å². The quantitative estimate of drug-likeness (QED) is 0.819. The average molecular weight is 305 g/mol. The molecule has 5 heteroatoms. The van der Waals surface area contributed by atoms with Gasteiger partial charge >= 0.3 is 0 Å². The van der Waals surface area contributed by atoms with Gasteiger partial charge in [-0.3, -0.25) is 4.79 Å². The van der Waals surface area contributed by atoms with Gasteiger partial charge in [0, 0.05) is 30.0 Å². The lowest BCUT2D eigenvalue weighted by Crippen LogP contribution is -2.64. The molecule has 2 rings (SSSR count). The summed E-state index contributed by atoms with van der Waals surface area (Å²) in [6.45, 7) is 6.61. The Labute approximate surface area is 128 Å². The van der Waals surface area contributed by atoms with Crippen molar-refractivity contribution in [1.82, 2.24) is 5.32 Å². The second-order valence-electron chi connectivity index (χ2n) is 6.33. The van der Waals surface area contributed by atoms with Crippen molar-refractivity contribution < 1.29 is 9.53 Å². The topological polar surface area (TPSA) is 64.3 Å². The van der Waals surface area contributed by atoms with Gasteiger partial charge in [-0.2, -0.15) is 0 Å². The zero-order chi connectivity index (χ0) is 14.0. The lowest BCUT2D eigenvalue weighted by Gasteiger charge is -2.54. The number of hydrogen-bond acceptors (Lipinski definition) is 3. The van der Waals surface area contributed by atoms with Crippen molar-refractivity contribution >= 4 is 18.3 Å². The Morgan fingerprint density at radius 1 is 1.40 bits per heavy atom. The third-order valence-corrected chi connectivity index (χ3v) is 5.21. The lowest BCUT2D eigenvalue weighted by atomic mass is 9.60. The van der Waals surface area contributed by atoms with Gasteiger partial charge in [-0.1, -0.05) is 19.8 Å². The SMILES string of the molecule is CCOC1CC(NC(=O)C(C)C(C)N)C12CCCC2.Cl. The van der Waals surface area contributed by atoms with E-state index in [2.05, 4.69) is 5.32 Å². The molecule has 0 aromatic carbocycles. The van der Waals surface area contributed by atoms with Gasteiger partial charge < -0.3 is 15.8 Å². The first kappa shape index (κ1) is 17.7. The molecule has 20 heavy (non-hydrogen) atoms. The minimum Gasteiger partial charge on any atom is -0.378 e. The number of carbonyl (C=O) groups is 1. The molecule has 4 atom stereocenters.